The lowest BCUT2D eigenvalue weighted by molar-refractivity contribution is 0.0655. The summed E-state index contributed by atoms with van der Waals surface area (Å²) in [7, 11) is 1.81. The van der Waals surface area contributed by atoms with E-state index in [1.165, 1.54) is 6.20 Å². The standard InChI is InChI=1S/C23H19N7O2/c1-29-12-16(10-28-29)22-25-11-19(32-22)23(31)30-7-6-17-20(27-13-26-17)21(30)18-8-14-4-2-3-5-15(14)9-24-18/h2-5,8-13,21H,6-7H2,1H3,(H,26,27)/t21-/m1/s1. The minimum atomic E-state index is -0.422. The Morgan fingerprint density at radius 1 is 1.12 bits per heavy atom. The van der Waals surface area contributed by atoms with Crippen LogP contribution in [0.5, 0.6) is 0 Å². The number of carbonyl (C=O) groups is 1. The number of benzene rings is 1. The van der Waals surface area contributed by atoms with Crippen molar-refractivity contribution in [3.8, 4) is 11.5 Å². The zero-order valence-corrected chi connectivity index (χ0v) is 17.3. The average molecular weight is 425 g/mol. The van der Waals surface area contributed by atoms with E-state index in [1.807, 2.05) is 43.6 Å². The number of oxazole rings is 1. The SMILES string of the molecule is Cn1cc(-c2ncc(C(=O)N3CCc4[nH]cnc4[C@H]3c3cc4ccccc4cn3)o2)cn1. The largest absolute Gasteiger partial charge is 0.431 e. The van der Waals surface area contributed by atoms with Crippen molar-refractivity contribution in [3.63, 3.8) is 0 Å². The molecule has 0 fully saturated rings. The number of amides is 1. The number of aromatic amines is 1. The third kappa shape index (κ3) is 2.97. The first-order valence-corrected chi connectivity index (χ1v) is 10.3. The number of rotatable bonds is 3. The summed E-state index contributed by atoms with van der Waals surface area (Å²) in [6.07, 6.45) is 9.09. The van der Waals surface area contributed by atoms with Crippen LogP contribution in [0.4, 0.5) is 0 Å². The van der Waals surface area contributed by atoms with E-state index in [4.69, 9.17) is 4.42 Å². The molecule has 6 rings (SSSR count). The van der Waals surface area contributed by atoms with Gasteiger partial charge in [0.15, 0.2) is 0 Å². The van der Waals surface area contributed by atoms with Crippen molar-refractivity contribution in [1.82, 2.24) is 34.6 Å². The molecule has 0 saturated heterocycles. The number of hydrogen-bond donors (Lipinski definition) is 1. The molecule has 0 aliphatic carbocycles. The van der Waals surface area contributed by atoms with Gasteiger partial charge in [-0.2, -0.15) is 5.10 Å². The number of hydrogen-bond acceptors (Lipinski definition) is 6. The van der Waals surface area contributed by atoms with Crippen molar-refractivity contribution in [2.45, 2.75) is 12.5 Å². The van der Waals surface area contributed by atoms with Gasteiger partial charge in [0.25, 0.3) is 5.91 Å². The molecule has 0 bridgehead atoms. The maximum atomic E-state index is 13.5. The summed E-state index contributed by atoms with van der Waals surface area (Å²) < 4.78 is 7.48. The summed E-state index contributed by atoms with van der Waals surface area (Å²) in [4.78, 5) is 32.0. The van der Waals surface area contributed by atoms with Crippen LogP contribution in [0.1, 0.15) is 33.7 Å². The highest BCUT2D eigenvalue weighted by molar-refractivity contribution is 5.92. The van der Waals surface area contributed by atoms with E-state index in [2.05, 4.69) is 25.0 Å². The van der Waals surface area contributed by atoms with Gasteiger partial charge in [-0.15, -0.1) is 0 Å². The molecule has 9 heteroatoms. The summed E-state index contributed by atoms with van der Waals surface area (Å²) in [6, 6.07) is 9.63. The average Bonchev–Trinajstić information content (AvgIpc) is 3.58. The number of aromatic nitrogens is 6. The van der Waals surface area contributed by atoms with Gasteiger partial charge < -0.3 is 14.3 Å². The summed E-state index contributed by atoms with van der Waals surface area (Å²) >= 11 is 0. The van der Waals surface area contributed by atoms with Crippen molar-refractivity contribution in [2.24, 2.45) is 7.05 Å². The number of carbonyl (C=O) groups excluding carboxylic acids is 1. The highest BCUT2D eigenvalue weighted by atomic mass is 16.4. The Hall–Kier alpha value is -4.27. The van der Waals surface area contributed by atoms with Crippen molar-refractivity contribution in [3.05, 3.63) is 84.3 Å². The number of nitrogens with one attached hydrogen (secondary N) is 1. The van der Waals surface area contributed by atoms with Gasteiger partial charge in [-0.25, -0.2) is 9.97 Å². The number of H-pyrrole nitrogens is 1. The van der Waals surface area contributed by atoms with Gasteiger partial charge in [-0.1, -0.05) is 24.3 Å². The van der Waals surface area contributed by atoms with Gasteiger partial charge in [0.2, 0.25) is 11.7 Å². The zero-order valence-electron chi connectivity index (χ0n) is 17.3. The van der Waals surface area contributed by atoms with Crippen LogP contribution < -0.4 is 0 Å². The van der Waals surface area contributed by atoms with E-state index in [0.717, 1.165) is 27.9 Å². The van der Waals surface area contributed by atoms with E-state index < -0.39 is 6.04 Å². The molecule has 5 aromatic rings. The van der Waals surface area contributed by atoms with Crippen LogP contribution in [0.25, 0.3) is 22.2 Å². The maximum Gasteiger partial charge on any atom is 0.292 e. The number of pyridine rings is 1. The number of fused-ring (bicyclic) bond motifs is 2. The van der Waals surface area contributed by atoms with Gasteiger partial charge in [-0.05, 0) is 11.5 Å². The van der Waals surface area contributed by atoms with Crippen LogP contribution >= 0.6 is 0 Å². The Bertz CT molecular complexity index is 1450. The first-order valence-electron chi connectivity index (χ1n) is 10.3. The van der Waals surface area contributed by atoms with Crippen LogP contribution in [0.3, 0.4) is 0 Å². The molecule has 1 aliphatic rings. The normalized spacial score (nSPS) is 15.8. The molecule has 158 valence electrons. The van der Waals surface area contributed by atoms with E-state index in [9.17, 15) is 4.79 Å². The minimum Gasteiger partial charge on any atom is -0.431 e. The Labute approximate surface area is 182 Å². The van der Waals surface area contributed by atoms with Crippen molar-refractivity contribution in [1.29, 1.82) is 0 Å². The van der Waals surface area contributed by atoms with Gasteiger partial charge in [-0.3, -0.25) is 14.5 Å². The van der Waals surface area contributed by atoms with E-state index in [0.29, 0.717) is 24.4 Å². The lowest BCUT2D eigenvalue weighted by atomic mass is 9.97. The van der Waals surface area contributed by atoms with Crippen molar-refractivity contribution < 1.29 is 9.21 Å². The smallest absolute Gasteiger partial charge is 0.292 e. The summed E-state index contributed by atoms with van der Waals surface area (Å²) in [5.41, 5.74) is 3.30. The van der Waals surface area contributed by atoms with E-state index in [1.54, 1.807) is 28.3 Å². The second kappa shape index (κ2) is 7.16. The summed E-state index contributed by atoms with van der Waals surface area (Å²) in [5, 5.41) is 6.24. The topological polar surface area (TPSA) is 106 Å². The maximum absolute atomic E-state index is 13.5. The molecule has 1 aliphatic heterocycles. The van der Waals surface area contributed by atoms with Crippen LogP contribution in [-0.4, -0.2) is 47.1 Å². The predicted octanol–water partition coefficient (Wildman–Crippen LogP) is 3.13. The molecule has 0 radical (unpaired) electrons. The van der Waals surface area contributed by atoms with Crippen molar-refractivity contribution in [2.75, 3.05) is 6.54 Å². The molecule has 4 aromatic heterocycles. The van der Waals surface area contributed by atoms with Crippen molar-refractivity contribution >= 4 is 16.7 Å². The Balaban J connectivity index is 1.40. The first kappa shape index (κ1) is 18.5. The fraction of sp³-hybridized carbons (Fsp3) is 0.174. The highest BCUT2D eigenvalue weighted by Gasteiger charge is 2.36. The monoisotopic (exact) mass is 425 g/mol. The number of aryl methyl sites for hydroxylation is 1. The van der Waals surface area contributed by atoms with Crippen LogP contribution in [0.15, 0.2) is 65.9 Å². The Morgan fingerprint density at radius 3 is 2.84 bits per heavy atom. The number of imidazole rings is 1. The Kier molecular flexibility index (Phi) is 4.14. The molecule has 5 heterocycles. The second-order valence-corrected chi connectivity index (χ2v) is 7.81. The second-order valence-electron chi connectivity index (χ2n) is 7.81. The lowest BCUT2D eigenvalue weighted by Gasteiger charge is -2.34. The van der Waals surface area contributed by atoms with Gasteiger partial charge in [0.05, 0.1) is 35.7 Å². The third-order valence-electron chi connectivity index (χ3n) is 5.79. The minimum absolute atomic E-state index is 0.175. The van der Waals surface area contributed by atoms with Crippen LogP contribution in [0, 0.1) is 0 Å². The molecular formula is C23H19N7O2. The molecule has 0 spiro atoms. The summed E-state index contributed by atoms with van der Waals surface area (Å²) in [6.45, 7) is 0.510. The molecule has 0 unspecified atom stereocenters. The fourth-order valence-electron chi connectivity index (χ4n) is 4.22. The summed E-state index contributed by atoms with van der Waals surface area (Å²) in [5.74, 6) is 0.286. The third-order valence-corrected chi connectivity index (χ3v) is 5.79. The van der Waals surface area contributed by atoms with Gasteiger partial charge >= 0.3 is 0 Å². The van der Waals surface area contributed by atoms with E-state index >= 15 is 0 Å². The lowest BCUT2D eigenvalue weighted by Crippen LogP contribution is -2.41. The van der Waals surface area contributed by atoms with E-state index in [-0.39, 0.29) is 11.7 Å². The fourth-order valence-corrected chi connectivity index (χ4v) is 4.22. The molecule has 1 atom stereocenters. The first-order chi connectivity index (χ1) is 15.7. The molecule has 0 saturated carbocycles. The predicted molar refractivity (Wildman–Crippen MR) is 116 cm³/mol. The molecule has 1 aromatic carbocycles. The molecular weight excluding hydrogens is 406 g/mol. The quantitative estimate of drug-likeness (QED) is 0.476. The van der Waals surface area contributed by atoms with Gasteiger partial charge in [0.1, 0.15) is 6.04 Å². The number of nitrogens with zero attached hydrogens (tertiary/aromatic N) is 6. The molecule has 9 nitrogen and oxygen atoms in total. The highest BCUT2D eigenvalue weighted by Crippen LogP contribution is 2.35. The van der Waals surface area contributed by atoms with Crippen LogP contribution in [0.2, 0.25) is 0 Å². The van der Waals surface area contributed by atoms with Gasteiger partial charge in [0, 0.05) is 43.5 Å². The Morgan fingerprint density at radius 2 is 2.00 bits per heavy atom. The van der Waals surface area contributed by atoms with Crippen LogP contribution in [-0.2, 0) is 13.5 Å². The molecule has 32 heavy (non-hydrogen) atoms. The molecule has 1 N–H and O–H groups in total. The molecule has 1 amide bonds. The zero-order chi connectivity index (χ0) is 21.7.